The number of rotatable bonds is 28. The summed E-state index contributed by atoms with van der Waals surface area (Å²) < 4.78 is 28.2. The van der Waals surface area contributed by atoms with E-state index in [0.717, 1.165) is 28.5 Å². The first-order valence-corrected chi connectivity index (χ1v) is 31.3. The van der Waals surface area contributed by atoms with Crippen molar-refractivity contribution in [3.63, 3.8) is 0 Å². The number of pyridine rings is 8. The molecule has 13 rings (SSSR count). The smallest absolute Gasteiger partial charge is 0.656 e. The van der Waals surface area contributed by atoms with E-state index in [4.69, 9.17) is 34.0 Å². The molecule has 2 N–H and O–H groups in total. The molecule has 0 saturated heterocycles. The molecule has 0 aliphatic rings. The molecule has 19 nitrogen and oxygen atoms in total. The van der Waals surface area contributed by atoms with Gasteiger partial charge in [0.2, 0.25) is 29.4 Å². The Morgan fingerprint density at radius 3 is 1.21 bits per heavy atom. The molecule has 0 radical (unpaired) electrons. The van der Waals surface area contributed by atoms with Crippen LogP contribution >= 0.6 is 0 Å². The number of aromatic hydroxyl groups is 1. The Labute approximate surface area is 706 Å². The van der Waals surface area contributed by atoms with Gasteiger partial charge < -0.3 is 115 Å². The molecular formula is C87H92N13O6Os4-3. The van der Waals surface area contributed by atoms with Crippen molar-refractivity contribution in [2.75, 3.05) is 32.0 Å². The number of phenols is 1. The van der Waals surface area contributed by atoms with Crippen LogP contribution in [-0.4, -0.2) is 71.7 Å². The molecule has 0 amide bonds. The van der Waals surface area contributed by atoms with Crippen molar-refractivity contribution in [2.45, 2.75) is 32.1 Å². The molecule has 5 aromatic carbocycles. The first kappa shape index (κ1) is 104. The number of hydrogen-bond donors (Lipinski definition) is 2. The van der Waals surface area contributed by atoms with Gasteiger partial charge in [-0.3, -0.25) is 19.9 Å². The zero-order chi connectivity index (χ0) is 67.1. The molecule has 0 spiro atoms. The van der Waals surface area contributed by atoms with Gasteiger partial charge in [0.1, 0.15) is 11.6 Å². The van der Waals surface area contributed by atoms with Gasteiger partial charge in [-0.2, -0.15) is 64.6 Å². The minimum absolute atomic E-state index is 0. The van der Waals surface area contributed by atoms with Crippen LogP contribution in [0.2, 0.25) is 0 Å². The average molecular weight is 2180 g/mol. The molecule has 0 fully saturated rings. The summed E-state index contributed by atoms with van der Waals surface area (Å²) in [5.74, 6) is 5.29. The third kappa shape index (κ3) is 38.1. The van der Waals surface area contributed by atoms with E-state index in [1.807, 2.05) is 212 Å². The van der Waals surface area contributed by atoms with Crippen molar-refractivity contribution in [1.29, 1.82) is 0 Å². The van der Waals surface area contributed by atoms with Crippen LogP contribution in [0.4, 0.5) is 5.82 Å². The summed E-state index contributed by atoms with van der Waals surface area (Å²) in [6.07, 6.45) is 7.04. The second kappa shape index (κ2) is 61.1. The number of hydrogen-bond acceptors (Lipinski definition) is 15. The van der Waals surface area contributed by atoms with Gasteiger partial charge >= 0.3 is 59.4 Å². The van der Waals surface area contributed by atoms with Gasteiger partial charge in [-0.25, -0.2) is 9.97 Å². The van der Waals surface area contributed by atoms with Crippen LogP contribution in [0.1, 0.15) is 40.0 Å². The molecule has 110 heavy (non-hydrogen) atoms. The van der Waals surface area contributed by atoms with E-state index >= 15 is 0 Å². The molecular weight excluding hydrogens is 2080 g/mol. The second-order valence-electron chi connectivity index (χ2n) is 20.8. The summed E-state index contributed by atoms with van der Waals surface area (Å²) in [4.78, 5) is 34.8. The minimum atomic E-state index is 0. The van der Waals surface area contributed by atoms with E-state index in [9.17, 15) is 5.11 Å². The predicted octanol–water partition coefficient (Wildman–Crippen LogP) is 21.1. The van der Waals surface area contributed by atoms with Crippen molar-refractivity contribution in [3.8, 4) is 63.7 Å². The summed E-state index contributed by atoms with van der Waals surface area (Å²) in [7, 11) is 0. The summed E-state index contributed by atoms with van der Waals surface area (Å²) in [5, 5.41) is 30.7. The quantitative estimate of drug-likeness (QED) is 0.0342. The maximum atomic E-state index is 9.89. The third-order valence-corrected chi connectivity index (χ3v) is 13.6. The fourth-order valence-electron chi connectivity index (χ4n) is 8.96. The molecule has 1 unspecified atom stereocenters. The van der Waals surface area contributed by atoms with Gasteiger partial charge in [-0.15, -0.1) is 69.1 Å². The molecule has 13 aromatic rings. The first-order valence-electron chi connectivity index (χ1n) is 31.3. The summed E-state index contributed by atoms with van der Waals surface area (Å²) >= 11 is 0. The first-order chi connectivity index (χ1) is 48.5. The van der Waals surface area contributed by atoms with Gasteiger partial charge in [0, 0.05) is 140 Å². The number of benzene rings is 5. The summed E-state index contributed by atoms with van der Waals surface area (Å²) in [6, 6.07) is 94.0. The number of nitrogens with one attached hydrogen (secondary N) is 1. The Morgan fingerprint density at radius 2 is 0.745 bits per heavy atom. The van der Waals surface area contributed by atoms with Crippen molar-refractivity contribution in [1.82, 2.24) is 39.9 Å². The Bertz CT molecular complexity index is 4220. The number of phenolic OH excluding ortho intramolecular Hbond substituents is 1. The Hall–Kier alpha value is -9.71. The largest absolute Gasteiger partial charge is 4.00 e. The average Bonchev–Trinajstić information content (AvgIpc) is 0.838. The second-order valence-corrected chi connectivity index (χ2v) is 20.8. The van der Waals surface area contributed by atoms with E-state index in [2.05, 4.69) is 86.5 Å². The third-order valence-electron chi connectivity index (χ3n) is 13.6. The number of para-hydroxylation sites is 4. The maximum Gasteiger partial charge on any atom is 4.00 e. The van der Waals surface area contributed by atoms with Crippen LogP contribution < -0.4 is 29.0 Å². The van der Waals surface area contributed by atoms with Crippen molar-refractivity contribution >= 4 is 5.82 Å². The fraction of sp³-hybridized carbons (Fsp3) is 0.103. The molecule has 8 aromatic heterocycles. The molecule has 8 heterocycles. The van der Waals surface area contributed by atoms with Crippen LogP contribution in [0.15, 0.2) is 298 Å². The van der Waals surface area contributed by atoms with Crippen molar-refractivity contribution in [2.24, 2.45) is 0 Å². The van der Waals surface area contributed by atoms with E-state index in [0.29, 0.717) is 103 Å². The van der Waals surface area contributed by atoms with Gasteiger partial charge in [0.05, 0.1) is 11.4 Å². The van der Waals surface area contributed by atoms with Gasteiger partial charge in [0.25, 0.3) is 0 Å². The van der Waals surface area contributed by atoms with Crippen LogP contribution in [0.3, 0.4) is 0 Å². The van der Waals surface area contributed by atoms with E-state index in [1.165, 1.54) is 5.56 Å². The molecule has 0 aliphatic heterocycles. The zero-order valence-corrected chi connectivity index (χ0v) is 73.0. The maximum absolute atomic E-state index is 9.89. The Kier molecular flexibility index (Phi) is 58.0. The van der Waals surface area contributed by atoms with Crippen LogP contribution in [0, 0.1) is 77.6 Å². The monoisotopic (exact) mass is 2180 g/mol. The van der Waals surface area contributed by atoms with Gasteiger partial charge in [0.15, 0.2) is 0 Å². The fourth-order valence-corrected chi connectivity index (χ4v) is 8.96. The SMILES string of the molecule is Oc1ccccc1-c1cccc(OC[N-]Cc2ccccn2)n1.[CH3-].[CH3-].[CH3-].[CH3-].[CH3-].[CH3-].[CH3-].[CH3-].[Os+4].[Os+4].[Os+4].[Os].[c-]1ccccc1Oc1cccc(C(C[N-]Cc2ccccn2)c2ccccc2)n1.[c-]1ccccc1Oc1cccc(NC[N-]Cc2ccccn2)n1.[c-]1ccccc1Oc1cccc(OC[N-]Cc2ccccn2)n1. The van der Waals surface area contributed by atoms with Crippen molar-refractivity contribution < 1.29 is 108 Å². The van der Waals surface area contributed by atoms with Crippen LogP contribution in [0.25, 0.3) is 32.5 Å². The standard InChI is InChI=1S/C25H21N3O.C18H16N4O.C18H16N3O2.C18H15N3O2.8CH3.4Os/c1-3-10-20(11-4-1)23(19-26-18-21-12-7-8-17-27-21)24-15-9-16-25(28-24)29-22-13-5-2-6-14-22;1-2-8-16(9-3-1)23-18-11-6-10-17(22-18)21-14-19-13-15-7-4-5-12-20-15;22-17-9-2-1-7-15(17)16-8-5-10-18(21-16)23-13-19-12-14-6-3-4-11-20-14;1-2-8-16(9-3-1)23-18-11-6-10-17(21-18)22-14-19-13-15-7-4-5-12-20-15;;;;;;;;;;;;/h1-13,15-17,23H,18-19H2;1-8,10-12H,13-14H2,(H,21,22);1-11,22H,12-13H2;1-8,10-12H,13-14H2;8*1H3;;;;/q2*-2;-1;-2;8*-1;;3*+4. The van der Waals surface area contributed by atoms with E-state index in [-0.39, 0.29) is 164 Å². The van der Waals surface area contributed by atoms with E-state index < -0.39 is 0 Å². The molecule has 0 aliphatic carbocycles. The molecule has 23 heteroatoms. The number of aromatic nitrogens is 8. The minimum Gasteiger partial charge on any atom is -0.656 e. The summed E-state index contributed by atoms with van der Waals surface area (Å²) in [6.45, 7) is 3.66. The number of ether oxygens (including phenoxy) is 5. The number of anilines is 1. The van der Waals surface area contributed by atoms with Crippen molar-refractivity contribution in [3.05, 3.63) is 431 Å². The van der Waals surface area contributed by atoms with Gasteiger partial charge in [-0.1, -0.05) is 97.7 Å². The number of nitrogens with zero attached hydrogens (tertiary/aromatic N) is 12. The van der Waals surface area contributed by atoms with Gasteiger partial charge in [-0.05, 0) is 84.4 Å². The summed E-state index contributed by atoms with van der Waals surface area (Å²) in [5.41, 5.74) is 7.13. The predicted molar refractivity (Wildman–Crippen MR) is 429 cm³/mol. The Balaban J connectivity index is -0.00000135. The van der Waals surface area contributed by atoms with E-state index in [1.54, 1.807) is 73.3 Å². The Morgan fingerprint density at radius 1 is 0.355 bits per heavy atom. The molecule has 0 bridgehead atoms. The normalized spacial score (nSPS) is 9.56. The van der Waals surface area contributed by atoms with Crippen LogP contribution in [0.5, 0.6) is 52.4 Å². The molecule has 1 atom stereocenters. The topological polar surface area (TPSA) is 238 Å². The molecule has 576 valence electrons. The molecule has 0 saturated carbocycles. The van der Waals surface area contributed by atoms with Crippen LogP contribution in [-0.2, 0) is 105 Å². The zero-order valence-electron chi connectivity index (χ0n) is 62.8.